The van der Waals surface area contributed by atoms with Crippen LogP contribution in [0.5, 0.6) is 0 Å². The lowest BCUT2D eigenvalue weighted by Crippen LogP contribution is -2.21. The van der Waals surface area contributed by atoms with Gasteiger partial charge in [-0.05, 0) is 36.2 Å². The van der Waals surface area contributed by atoms with E-state index < -0.39 is 0 Å². The molecule has 0 radical (unpaired) electrons. The number of rotatable bonds is 4. The molecule has 0 amide bonds. The number of nitrogens with one attached hydrogen (secondary N) is 1. The lowest BCUT2D eigenvalue weighted by Gasteiger charge is -2.20. The maximum Gasteiger partial charge on any atom is 0.0638 e. The van der Waals surface area contributed by atoms with E-state index >= 15 is 0 Å². The molecule has 2 aromatic carbocycles. The Hall–Kier alpha value is -1.32. The number of hydrogen-bond acceptors (Lipinski definition) is 2. The molecule has 0 spiro atoms. The molecule has 0 saturated carbocycles. The fraction of sp³-hybridized carbons (Fsp3) is 0.200. The van der Waals surface area contributed by atoms with Gasteiger partial charge in [0.15, 0.2) is 0 Å². The van der Waals surface area contributed by atoms with Gasteiger partial charge in [0, 0.05) is 16.7 Å². The van der Waals surface area contributed by atoms with Crippen molar-refractivity contribution in [1.29, 1.82) is 0 Å². The van der Waals surface area contributed by atoms with Gasteiger partial charge in [-0.2, -0.15) is 0 Å². The summed E-state index contributed by atoms with van der Waals surface area (Å²) in [6.07, 6.45) is 0. The van der Waals surface area contributed by atoms with Crippen molar-refractivity contribution in [1.82, 2.24) is 0 Å². The molecule has 1 atom stereocenters. The van der Waals surface area contributed by atoms with Gasteiger partial charge in [0.2, 0.25) is 0 Å². The monoisotopic (exact) mass is 304 g/mol. The summed E-state index contributed by atoms with van der Waals surface area (Å²) < 4.78 is 1.06. The standard InChI is InChI=1S/C15H17BrN2/c1-11-5-2-3-8-14(11)15(10-17)18-13-7-4-6-12(16)9-13/h2-9,15,18H,10,17H2,1H3. The molecule has 3 heteroatoms. The van der Waals surface area contributed by atoms with E-state index in [-0.39, 0.29) is 6.04 Å². The van der Waals surface area contributed by atoms with E-state index in [9.17, 15) is 0 Å². The molecule has 0 aliphatic carbocycles. The first-order valence-electron chi connectivity index (χ1n) is 5.98. The molecule has 0 saturated heterocycles. The van der Waals surface area contributed by atoms with E-state index in [0.717, 1.165) is 10.2 Å². The maximum absolute atomic E-state index is 5.89. The summed E-state index contributed by atoms with van der Waals surface area (Å²) in [7, 11) is 0. The van der Waals surface area contributed by atoms with Gasteiger partial charge in [-0.1, -0.05) is 46.3 Å². The van der Waals surface area contributed by atoms with Crippen molar-refractivity contribution in [3.8, 4) is 0 Å². The molecule has 94 valence electrons. The Morgan fingerprint density at radius 1 is 1.17 bits per heavy atom. The van der Waals surface area contributed by atoms with Crippen molar-refractivity contribution in [2.75, 3.05) is 11.9 Å². The molecule has 18 heavy (non-hydrogen) atoms. The number of aryl methyl sites for hydroxylation is 1. The fourth-order valence-electron chi connectivity index (χ4n) is 2.02. The molecule has 0 aromatic heterocycles. The minimum absolute atomic E-state index is 0.139. The summed E-state index contributed by atoms with van der Waals surface area (Å²) >= 11 is 3.47. The summed E-state index contributed by atoms with van der Waals surface area (Å²) in [4.78, 5) is 0. The van der Waals surface area contributed by atoms with Gasteiger partial charge >= 0.3 is 0 Å². The Kier molecular flexibility index (Phi) is 4.39. The second-order valence-corrected chi connectivity index (χ2v) is 5.22. The maximum atomic E-state index is 5.89. The molecule has 0 bridgehead atoms. The van der Waals surface area contributed by atoms with Crippen LogP contribution in [-0.4, -0.2) is 6.54 Å². The van der Waals surface area contributed by atoms with Gasteiger partial charge in [0.25, 0.3) is 0 Å². The van der Waals surface area contributed by atoms with Crippen molar-refractivity contribution in [2.45, 2.75) is 13.0 Å². The van der Waals surface area contributed by atoms with Crippen LogP contribution in [-0.2, 0) is 0 Å². The van der Waals surface area contributed by atoms with Crippen LogP contribution in [0.1, 0.15) is 17.2 Å². The third-order valence-electron chi connectivity index (χ3n) is 2.97. The van der Waals surface area contributed by atoms with Crippen LogP contribution in [0, 0.1) is 6.92 Å². The third-order valence-corrected chi connectivity index (χ3v) is 3.46. The minimum Gasteiger partial charge on any atom is -0.377 e. The molecule has 0 aliphatic rings. The van der Waals surface area contributed by atoms with Crippen LogP contribution >= 0.6 is 15.9 Å². The summed E-state index contributed by atoms with van der Waals surface area (Å²) in [5.41, 5.74) is 9.47. The summed E-state index contributed by atoms with van der Waals surface area (Å²) in [5, 5.41) is 3.47. The molecule has 1 unspecified atom stereocenters. The lowest BCUT2D eigenvalue weighted by atomic mass is 10.0. The number of nitrogens with two attached hydrogens (primary N) is 1. The van der Waals surface area contributed by atoms with Gasteiger partial charge < -0.3 is 11.1 Å². The van der Waals surface area contributed by atoms with Gasteiger partial charge in [-0.15, -0.1) is 0 Å². The SMILES string of the molecule is Cc1ccccc1C(CN)Nc1cccc(Br)c1. The summed E-state index contributed by atoms with van der Waals surface area (Å²) in [6, 6.07) is 16.6. The second-order valence-electron chi connectivity index (χ2n) is 4.30. The highest BCUT2D eigenvalue weighted by molar-refractivity contribution is 9.10. The molecule has 0 aliphatic heterocycles. The topological polar surface area (TPSA) is 38.0 Å². The predicted octanol–water partition coefficient (Wildman–Crippen LogP) is 3.87. The van der Waals surface area contributed by atoms with Crippen molar-refractivity contribution >= 4 is 21.6 Å². The highest BCUT2D eigenvalue weighted by atomic mass is 79.9. The number of halogens is 1. The van der Waals surface area contributed by atoms with Crippen molar-refractivity contribution in [3.63, 3.8) is 0 Å². The zero-order valence-electron chi connectivity index (χ0n) is 10.4. The molecule has 0 heterocycles. The molecule has 2 rings (SSSR count). The van der Waals surface area contributed by atoms with Crippen LogP contribution in [0.3, 0.4) is 0 Å². The Labute approximate surface area is 116 Å². The van der Waals surface area contributed by atoms with Crippen LogP contribution in [0.4, 0.5) is 5.69 Å². The van der Waals surface area contributed by atoms with Gasteiger partial charge in [-0.25, -0.2) is 0 Å². The zero-order valence-corrected chi connectivity index (χ0v) is 11.9. The first-order valence-corrected chi connectivity index (χ1v) is 6.77. The second kappa shape index (κ2) is 6.03. The summed E-state index contributed by atoms with van der Waals surface area (Å²) in [6.45, 7) is 2.68. The van der Waals surface area contributed by atoms with Gasteiger partial charge in [-0.3, -0.25) is 0 Å². The first-order chi connectivity index (χ1) is 8.70. The highest BCUT2D eigenvalue weighted by Gasteiger charge is 2.11. The molecular weight excluding hydrogens is 288 g/mol. The fourth-order valence-corrected chi connectivity index (χ4v) is 2.42. The average molecular weight is 305 g/mol. The molecule has 3 N–H and O–H groups in total. The third kappa shape index (κ3) is 3.12. The Balaban J connectivity index is 2.23. The number of benzene rings is 2. The van der Waals surface area contributed by atoms with Gasteiger partial charge in [0.05, 0.1) is 6.04 Å². The quantitative estimate of drug-likeness (QED) is 0.900. The molecular formula is C15H17BrN2. The lowest BCUT2D eigenvalue weighted by molar-refractivity contribution is 0.783. The van der Waals surface area contributed by atoms with E-state index in [1.54, 1.807) is 0 Å². The average Bonchev–Trinajstić information content (AvgIpc) is 2.37. The van der Waals surface area contributed by atoms with Crippen molar-refractivity contribution < 1.29 is 0 Å². The van der Waals surface area contributed by atoms with Crippen molar-refractivity contribution in [3.05, 3.63) is 64.1 Å². The van der Waals surface area contributed by atoms with E-state index in [2.05, 4.69) is 46.4 Å². The highest BCUT2D eigenvalue weighted by Crippen LogP contribution is 2.23. The largest absolute Gasteiger partial charge is 0.377 e. The summed E-state index contributed by atoms with van der Waals surface area (Å²) in [5.74, 6) is 0. The minimum atomic E-state index is 0.139. The normalized spacial score (nSPS) is 12.2. The predicted molar refractivity (Wildman–Crippen MR) is 80.7 cm³/mol. The van der Waals surface area contributed by atoms with Crippen LogP contribution in [0.25, 0.3) is 0 Å². The van der Waals surface area contributed by atoms with Crippen molar-refractivity contribution in [2.24, 2.45) is 5.73 Å². The van der Waals surface area contributed by atoms with E-state index in [1.807, 2.05) is 30.3 Å². The van der Waals surface area contributed by atoms with Gasteiger partial charge in [0.1, 0.15) is 0 Å². The van der Waals surface area contributed by atoms with E-state index in [4.69, 9.17) is 5.73 Å². The number of anilines is 1. The Morgan fingerprint density at radius 3 is 2.61 bits per heavy atom. The number of hydrogen-bond donors (Lipinski definition) is 2. The first kappa shape index (κ1) is 13.1. The molecule has 0 fully saturated rings. The van der Waals surface area contributed by atoms with Crippen LogP contribution in [0.15, 0.2) is 53.0 Å². The molecule has 2 nitrogen and oxygen atoms in total. The zero-order chi connectivity index (χ0) is 13.0. The van der Waals surface area contributed by atoms with E-state index in [0.29, 0.717) is 6.54 Å². The Bertz CT molecular complexity index is 525. The van der Waals surface area contributed by atoms with Crippen LogP contribution in [0.2, 0.25) is 0 Å². The smallest absolute Gasteiger partial charge is 0.0638 e. The Morgan fingerprint density at radius 2 is 1.94 bits per heavy atom. The van der Waals surface area contributed by atoms with Crippen LogP contribution < -0.4 is 11.1 Å². The molecule has 2 aromatic rings. The van der Waals surface area contributed by atoms with E-state index in [1.165, 1.54) is 11.1 Å².